The van der Waals surface area contributed by atoms with Crippen molar-refractivity contribution < 1.29 is 23.8 Å². The molecule has 6 nitrogen and oxygen atoms in total. The van der Waals surface area contributed by atoms with Gasteiger partial charge in [0.2, 0.25) is 0 Å². The number of methoxy groups -OCH3 is 3. The molecule has 2 rings (SSSR count). The van der Waals surface area contributed by atoms with Crippen molar-refractivity contribution in [3.05, 3.63) is 59.2 Å². The number of carbonyl (C=O) groups excluding carboxylic acids is 2. The lowest BCUT2D eigenvalue weighted by Crippen LogP contribution is -2.26. The van der Waals surface area contributed by atoms with Gasteiger partial charge in [-0.15, -0.1) is 0 Å². The second-order valence-electron chi connectivity index (χ2n) is 5.26. The number of ether oxygens (including phenoxy) is 3. The van der Waals surface area contributed by atoms with E-state index >= 15 is 0 Å². The molecule has 6 heteroatoms. The number of benzene rings is 2. The van der Waals surface area contributed by atoms with Gasteiger partial charge in [0, 0.05) is 12.6 Å². The SMILES string of the molecule is COC(=O)c1ccc(CCNC(=O)c2ccc(OC)cc2OC)cc1. The normalized spacial score (nSPS) is 10.0. The molecule has 0 aliphatic heterocycles. The third-order valence-electron chi connectivity index (χ3n) is 3.73. The smallest absolute Gasteiger partial charge is 0.337 e. The molecular weight excluding hydrogens is 322 g/mol. The fourth-order valence-corrected chi connectivity index (χ4v) is 2.33. The summed E-state index contributed by atoms with van der Waals surface area (Å²) in [6.07, 6.45) is 0.645. The zero-order valence-corrected chi connectivity index (χ0v) is 14.5. The van der Waals surface area contributed by atoms with Gasteiger partial charge >= 0.3 is 5.97 Å². The van der Waals surface area contributed by atoms with Crippen molar-refractivity contribution in [2.75, 3.05) is 27.9 Å². The number of rotatable bonds is 7. The van der Waals surface area contributed by atoms with Gasteiger partial charge in [-0.25, -0.2) is 4.79 Å². The Labute approximate surface area is 146 Å². The highest BCUT2D eigenvalue weighted by Gasteiger charge is 2.13. The first-order valence-electron chi connectivity index (χ1n) is 7.76. The van der Waals surface area contributed by atoms with Crippen molar-refractivity contribution in [3.8, 4) is 11.5 Å². The molecule has 1 N–H and O–H groups in total. The van der Waals surface area contributed by atoms with Crippen molar-refractivity contribution in [1.82, 2.24) is 5.32 Å². The summed E-state index contributed by atoms with van der Waals surface area (Å²) in [6, 6.07) is 12.1. The molecule has 0 fully saturated rings. The summed E-state index contributed by atoms with van der Waals surface area (Å²) >= 11 is 0. The topological polar surface area (TPSA) is 73.9 Å². The summed E-state index contributed by atoms with van der Waals surface area (Å²) in [6.45, 7) is 0.464. The van der Waals surface area contributed by atoms with E-state index in [4.69, 9.17) is 9.47 Å². The minimum Gasteiger partial charge on any atom is -0.497 e. The maximum atomic E-state index is 12.3. The van der Waals surface area contributed by atoms with Crippen LogP contribution in [0.15, 0.2) is 42.5 Å². The Morgan fingerprint density at radius 1 is 0.960 bits per heavy atom. The molecular formula is C19H21NO5. The largest absolute Gasteiger partial charge is 0.497 e. The van der Waals surface area contributed by atoms with Crippen LogP contribution in [0.25, 0.3) is 0 Å². The van der Waals surface area contributed by atoms with Crippen molar-refractivity contribution in [2.45, 2.75) is 6.42 Å². The van der Waals surface area contributed by atoms with E-state index in [0.717, 1.165) is 5.56 Å². The first-order chi connectivity index (χ1) is 12.1. The fourth-order valence-electron chi connectivity index (χ4n) is 2.33. The van der Waals surface area contributed by atoms with Crippen LogP contribution in [0.5, 0.6) is 11.5 Å². The monoisotopic (exact) mass is 343 g/mol. The van der Waals surface area contributed by atoms with Crippen molar-refractivity contribution in [3.63, 3.8) is 0 Å². The number of hydrogen-bond acceptors (Lipinski definition) is 5. The van der Waals surface area contributed by atoms with Gasteiger partial charge in [0.15, 0.2) is 0 Å². The van der Waals surface area contributed by atoms with Crippen LogP contribution in [-0.2, 0) is 11.2 Å². The van der Waals surface area contributed by atoms with Gasteiger partial charge in [0.25, 0.3) is 5.91 Å². The summed E-state index contributed by atoms with van der Waals surface area (Å²) in [5, 5.41) is 2.86. The predicted octanol–water partition coefficient (Wildman–Crippen LogP) is 2.46. The van der Waals surface area contributed by atoms with Crippen LogP contribution in [0.1, 0.15) is 26.3 Å². The molecule has 0 aliphatic rings. The van der Waals surface area contributed by atoms with Gasteiger partial charge in [-0.05, 0) is 36.2 Å². The molecule has 0 atom stereocenters. The summed E-state index contributed by atoms with van der Waals surface area (Å²) in [7, 11) is 4.41. The van der Waals surface area contributed by atoms with Gasteiger partial charge in [-0.2, -0.15) is 0 Å². The molecule has 0 radical (unpaired) electrons. The number of esters is 1. The molecule has 0 aromatic heterocycles. The molecule has 2 aromatic rings. The molecule has 0 saturated carbocycles. The first kappa shape index (κ1) is 18.3. The quantitative estimate of drug-likeness (QED) is 0.782. The van der Waals surface area contributed by atoms with E-state index in [1.165, 1.54) is 14.2 Å². The maximum Gasteiger partial charge on any atom is 0.337 e. The zero-order chi connectivity index (χ0) is 18.2. The Morgan fingerprint density at radius 3 is 2.28 bits per heavy atom. The van der Waals surface area contributed by atoms with E-state index in [0.29, 0.717) is 35.6 Å². The molecule has 0 heterocycles. The lowest BCUT2D eigenvalue weighted by Gasteiger charge is -2.11. The number of nitrogens with one attached hydrogen (secondary N) is 1. The van der Waals surface area contributed by atoms with E-state index < -0.39 is 0 Å². The third-order valence-corrected chi connectivity index (χ3v) is 3.73. The van der Waals surface area contributed by atoms with Crippen LogP contribution in [-0.4, -0.2) is 39.8 Å². The number of amides is 1. The van der Waals surface area contributed by atoms with Crippen molar-refractivity contribution >= 4 is 11.9 Å². The number of hydrogen-bond donors (Lipinski definition) is 1. The average Bonchev–Trinajstić information content (AvgIpc) is 2.67. The summed E-state index contributed by atoms with van der Waals surface area (Å²) in [4.78, 5) is 23.7. The van der Waals surface area contributed by atoms with E-state index in [-0.39, 0.29) is 11.9 Å². The molecule has 2 aromatic carbocycles. The molecule has 0 spiro atoms. The molecule has 0 saturated heterocycles. The van der Waals surface area contributed by atoms with E-state index in [1.807, 2.05) is 12.1 Å². The van der Waals surface area contributed by atoms with Gasteiger partial charge in [-0.1, -0.05) is 12.1 Å². The van der Waals surface area contributed by atoms with Crippen LogP contribution in [0.3, 0.4) is 0 Å². The van der Waals surface area contributed by atoms with Crippen LogP contribution in [0.2, 0.25) is 0 Å². The lowest BCUT2D eigenvalue weighted by atomic mass is 10.1. The fraction of sp³-hybridized carbons (Fsp3) is 0.263. The Hall–Kier alpha value is -3.02. The minimum atomic E-state index is -0.369. The first-order valence-corrected chi connectivity index (χ1v) is 7.76. The summed E-state index contributed by atoms with van der Waals surface area (Å²) in [5.74, 6) is 0.496. The van der Waals surface area contributed by atoms with E-state index in [2.05, 4.69) is 10.1 Å². The van der Waals surface area contributed by atoms with E-state index in [1.54, 1.807) is 37.4 Å². The molecule has 0 bridgehead atoms. The zero-order valence-electron chi connectivity index (χ0n) is 14.5. The van der Waals surface area contributed by atoms with Crippen molar-refractivity contribution in [2.24, 2.45) is 0 Å². The highest BCUT2D eigenvalue weighted by Crippen LogP contribution is 2.24. The minimum absolute atomic E-state index is 0.217. The number of carbonyl (C=O) groups is 2. The highest BCUT2D eigenvalue weighted by molar-refractivity contribution is 5.97. The van der Waals surface area contributed by atoms with Gasteiger partial charge in [-0.3, -0.25) is 4.79 Å². The van der Waals surface area contributed by atoms with Crippen LogP contribution < -0.4 is 14.8 Å². The van der Waals surface area contributed by atoms with Crippen LogP contribution in [0, 0.1) is 0 Å². The molecule has 25 heavy (non-hydrogen) atoms. The molecule has 1 amide bonds. The Morgan fingerprint density at radius 2 is 1.68 bits per heavy atom. The summed E-state index contributed by atoms with van der Waals surface area (Å²) < 4.78 is 15.0. The average molecular weight is 343 g/mol. The lowest BCUT2D eigenvalue weighted by molar-refractivity contribution is 0.0600. The second-order valence-corrected chi connectivity index (χ2v) is 5.26. The van der Waals surface area contributed by atoms with Gasteiger partial charge in [0.1, 0.15) is 11.5 Å². The Bertz CT molecular complexity index is 740. The Balaban J connectivity index is 1.93. The molecule has 0 aliphatic carbocycles. The Kier molecular flexibility index (Phi) is 6.39. The predicted molar refractivity (Wildman–Crippen MR) is 93.4 cm³/mol. The summed E-state index contributed by atoms with van der Waals surface area (Å²) in [5.41, 5.74) is 1.96. The standard InChI is InChI=1S/C19H21NO5/c1-23-15-8-9-16(17(12-15)24-2)18(21)20-11-10-13-4-6-14(7-5-13)19(22)25-3/h4-9,12H,10-11H2,1-3H3,(H,20,21). The second kappa shape index (κ2) is 8.73. The van der Waals surface area contributed by atoms with Crippen molar-refractivity contribution in [1.29, 1.82) is 0 Å². The van der Waals surface area contributed by atoms with Gasteiger partial charge < -0.3 is 19.5 Å². The molecule has 0 unspecified atom stereocenters. The highest BCUT2D eigenvalue weighted by atomic mass is 16.5. The van der Waals surface area contributed by atoms with Crippen LogP contribution in [0.4, 0.5) is 0 Å². The third kappa shape index (κ3) is 4.73. The van der Waals surface area contributed by atoms with E-state index in [9.17, 15) is 9.59 Å². The van der Waals surface area contributed by atoms with Crippen LogP contribution >= 0.6 is 0 Å². The maximum absolute atomic E-state index is 12.3. The van der Waals surface area contributed by atoms with Gasteiger partial charge in [0.05, 0.1) is 32.5 Å². The molecule has 132 valence electrons.